The number of hydrogen-bond acceptors (Lipinski definition) is 8. The second-order valence-electron chi connectivity index (χ2n) is 7.36. The molecular weight excluding hydrogens is 472 g/mol. The Morgan fingerprint density at radius 2 is 2.03 bits per heavy atom. The van der Waals surface area contributed by atoms with E-state index in [9.17, 15) is 19.5 Å². The summed E-state index contributed by atoms with van der Waals surface area (Å²) in [5, 5.41) is 15.8. The Balaban J connectivity index is 1.75. The number of halogens is 1. The molecule has 0 bridgehead atoms. The predicted molar refractivity (Wildman–Crippen MR) is 124 cm³/mol. The van der Waals surface area contributed by atoms with Crippen molar-refractivity contribution in [3.63, 3.8) is 0 Å². The Bertz CT molecular complexity index is 1020. The third kappa shape index (κ3) is 5.63. The van der Waals surface area contributed by atoms with E-state index in [0.717, 1.165) is 11.3 Å². The number of H-pyrrole nitrogens is 1. The molecule has 1 aliphatic rings. The number of ether oxygens (including phenoxy) is 1. The Hall–Kier alpha value is -2.70. The highest BCUT2D eigenvalue weighted by molar-refractivity contribution is 7.17. The number of hydrogen-bond donors (Lipinski definition) is 4. The number of carbonyl (C=O) groups excluding carboxylic acids is 2. The highest BCUT2D eigenvalue weighted by Crippen LogP contribution is 2.30. The highest BCUT2D eigenvalue weighted by atomic mass is 35.5. The second kappa shape index (κ2) is 10.9. The molecule has 1 aliphatic heterocycles. The van der Waals surface area contributed by atoms with Crippen LogP contribution in [0.15, 0.2) is 0 Å². The number of carboxylic acids is 1. The topological polar surface area (TPSA) is 150 Å². The summed E-state index contributed by atoms with van der Waals surface area (Å²) in [7, 11) is 0. The first-order chi connectivity index (χ1) is 15.8. The zero-order valence-electron chi connectivity index (χ0n) is 18.6. The van der Waals surface area contributed by atoms with Crippen LogP contribution in [0.25, 0.3) is 0 Å². The van der Waals surface area contributed by atoms with Gasteiger partial charge in [0.15, 0.2) is 21.8 Å². The van der Waals surface area contributed by atoms with Crippen molar-refractivity contribution in [2.24, 2.45) is 0 Å². The van der Waals surface area contributed by atoms with E-state index in [1.165, 1.54) is 0 Å². The van der Waals surface area contributed by atoms with Gasteiger partial charge in [0.1, 0.15) is 4.88 Å². The number of aromatic nitrogens is 3. The number of carboxylic acid groups (broad SMARTS) is 1. The lowest BCUT2D eigenvalue weighted by Gasteiger charge is -2.38. The van der Waals surface area contributed by atoms with Crippen molar-refractivity contribution >= 4 is 45.9 Å². The average Bonchev–Trinajstić information content (AvgIpc) is 3.39. The lowest BCUT2D eigenvalue weighted by atomic mass is 10.0. The third-order valence-corrected chi connectivity index (χ3v) is 6.60. The van der Waals surface area contributed by atoms with Gasteiger partial charge in [0.2, 0.25) is 0 Å². The van der Waals surface area contributed by atoms with Gasteiger partial charge >= 0.3 is 5.97 Å². The minimum atomic E-state index is -1.20. The number of nitrogens with one attached hydrogen (secondary N) is 3. The first-order valence-electron chi connectivity index (χ1n) is 10.7. The minimum absolute atomic E-state index is 0.103. The molecule has 0 aromatic carbocycles. The van der Waals surface area contributed by atoms with Crippen molar-refractivity contribution < 1.29 is 24.2 Å². The number of thiazole rings is 1. The Morgan fingerprint density at radius 1 is 1.27 bits per heavy atom. The van der Waals surface area contributed by atoms with Crippen LogP contribution >= 0.6 is 22.9 Å². The number of amides is 2. The van der Waals surface area contributed by atoms with E-state index in [4.69, 9.17) is 16.3 Å². The molecule has 33 heavy (non-hydrogen) atoms. The second-order valence-corrected chi connectivity index (χ2v) is 8.69. The molecule has 13 heteroatoms. The van der Waals surface area contributed by atoms with E-state index >= 15 is 0 Å². The molecular formula is C20H27ClN6O5S. The summed E-state index contributed by atoms with van der Waals surface area (Å²) in [5.74, 6) is -1.95. The first kappa shape index (κ1) is 24.9. The zero-order valence-corrected chi connectivity index (χ0v) is 20.2. The molecule has 4 N–H and O–H groups in total. The molecule has 1 fully saturated rings. The number of aromatic carboxylic acids is 1. The molecule has 11 nitrogen and oxygen atoms in total. The number of aryl methyl sites for hydroxylation is 1. The van der Waals surface area contributed by atoms with Crippen LogP contribution in [0.2, 0.25) is 5.15 Å². The summed E-state index contributed by atoms with van der Waals surface area (Å²) in [6.45, 7) is 7.18. The number of carbonyl (C=O) groups is 3. The Morgan fingerprint density at radius 3 is 2.64 bits per heavy atom. The standard InChI is InChI=1S/C20H27ClN6O5S/c1-4-10-15(21)26-16(23-10)18(29)24-11-7-8-27(9-12(11)32-6-3)20-25-13(17(28)22-5-2)14(33-20)19(30)31/h11-12H,4-9H2,1-3H3,(H,22,28)(H,23,26)(H,24,29)(H,30,31)/t11-,12+/m1/s1. The van der Waals surface area contributed by atoms with Crippen molar-refractivity contribution in [1.29, 1.82) is 0 Å². The van der Waals surface area contributed by atoms with E-state index in [-0.39, 0.29) is 39.6 Å². The van der Waals surface area contributed by atoms with Gasteiger partial charge in [-0.1, -0.05) is 29.9 Å². The highest BCUT2D eigenvalue weighted by Gasteiger charge is 2.34. The number of aromatic amines is 1. The van der Waals surface area contributed by atoms with Crippen LogP contribution in [0.5, 0.6) is 0 Å². The van der Waals surface area contributed by atoms with Gasteiger partial charge in [0, 0.05) is 26.2 Å². The van der Waals surface area contributed by atoms with Crippen molar-refractivity contribution in [3.8, 4) is 0 Å². The van der Waals surface area contributed by atoms with Gasteiger partial charge in [0.25, 0.3) is 11.8 Å². The predicted octanol–water partition coefficient (Wildman–Crippen LogP) is 1.94. The fourth-order valence-corrected chi connectivity index (χ4v) is 4.79. The molecule has 0 spiro atoms. The van der Waals surface area contributed by atoms with Crippen molar-refractivity contribution in [3.05, 3.63) is 27.2 Å². The molecule has 3 rings (SSSR count). The normalized spacial score (nSPS) is 18.2. The molecule has 0 radical (unpaired) electrons. The molecule has 2 amide bonds. The van der Waals surface area contributed by atoms with Gasteiger partial charge in [-0.25, -0.2) is 14.8 Å². The van der Waals surface area contributed by atoms with E-state index in [0.29, 0.717) is 49.9 Å². The van der Waals surface area contributed by atoms with E-state index in [1.54, 1.807) is 6.92 Å². The van der Waals surface area contributed by atoms with Gasteiger partial charge in [-0.2, -0.15) is 0 Å². The maximum absolute atomic E-state index is 12.7. The summed E-state index contributed by atoms with van der Waals surface area (Å²) >= 11 is 7.00. The quantitative estimate of drug-likeness (QED) is 0.409. The summed E-state index contributed by atoms with van der Waals surface area (Å²) in [4.78, 5) is 49.7. The van der Waals surface area contributed by atoms with Crippen LogP contribution in [0.4, 0.5) is 5.13 Å². The fraction of sp³-hybridized carbons (Fsp3) is 0.550. The van der Waals surface area contributed by atoms with Crippen LogP contribution < -0.4 is 15.5 Å². The SMILES string of the molecule is CCNC(=O)c1nc(N2CC[C@@H](NC(=O)c3nc(Cl)c(CC)[nH]3)[C@@H](OCC)C2)sc1C(=O)O. The minimum Gasteiger partial charge on any atom is -0.477 e. The van der Waals surface area contributed by atoms with Crippen LogP contribution in [0, 0.1) is 0 Å². The molecule has 2 aromatic rings. The van der Waals surface area contributed by atoms with Crippen LogP contribution in [-0.2, 0) is 11.2 Å². The zero-order chi connectivity index (χ0) is 24.1. The third-order valence-electron chi connectivity index (χ3n) is 5.19. The van der Waals surface area contributed by atoms with E-state index < -0.39 is 11.9 Å². The molecule has 2 aromatic heterocycles. The average molecular weight is 499 g/mol. The van der Waals surface area contributed by atoms with Crippen LogP contribution in [0.3, 0.4) is 0 Å². The Labute approximate surface area is 199 Å². The molecule has 1 saturated heterocycles. The summed E-state index contributed by atoms with van der Waals surface area (Å²) < 4.78 is 5.87. The number of nitrogens with zero attached hydrogens (tertiary/aromatic N) is 3. The maximum Gasteiger partial charge on any atom is 0.348 e. The van der Waals surface area contributed by atoms with Crippen molar-refractivity contribution in [2.45, 2.75) is 45.8 Å². The molecule has 0 aliphatic carbocycles. The lowest BCUT2D eigenvalue weighted by molar-refractivity contribution is 0.0271. The summed E-state index contributed by atoms with van der Waals surface area (Å²) in [6.07, 6.45) is 0.793. The maximum atomic E-state index is 12.7. The largest absolute Gasteiger partial charge is 0.477 e. The lowest BCUT2D eigenvalue weighted by Crippen LogP contribution is -2.55. The Kier molecular flexibility index (Phi) is 8.27. The monoisotopic (exact) mass is 498 g/mol. The van der Waals surface area contributed by atoms with Gasteiger partial charge < -0.3 is 30.4 Å². The van der Waals surface area contributed by atoms with Gasteiger partial charge in [0.05, 0.1) is 17.8 Å². The number of anilines is 1. The van der Waals surface area contributed by atoms with E-state index in [2.05, 4.69) is 25.6 Å². The number of rotatable bonds is 9. The molecule has 0 saturated carbocycles. The van der Waals surface area contributed by atoms with E-state index in [1.807, 2.05) is 18.7 Å². The molecule has 0 unspecified atom stereocenters. The smallest absolute Gasteiger partial charge is 0.348 e. The van der Waals surface area contributed by atoms with Crippen molar-refractivity contribution in [2.75, 3.05) is 31.1 Å². The van der Waals surface area contributed by atoms with Crippen LogP contribution in [0.1, 0.15) is 63.7 Å². The number of piperidine rings is 1. The van der Waals surface area contributed by atoms with Gasteiger partial charge in [-0.15, -0.1) is 0 Å². The van der Waals surface area contributed by atoms with Crippen molar-refractivity contribution in [1.82, 2.24) is 25.6 Å². The van der Waals surface area contributed by atoms with Crippen LogP contribution in [-0.4, -0.2) is 76.2 Å². The molecule has 180 valence electrons. The first-order valence-corrected chi connectivity index (χ1v) is 11.9. The summed E-state index contributed by atoms with van der Waals surface area (Å²) in [6, 6.07) is -0.288. The molecule has 2 atom stereocenters. The van der Waals surface area contributed by atoms with Gasteiger partial charge in [-0.3, -0.25) is 9.59 Å². The molecule has 3 heterocycles. The number of imidazole rings is 1. The van der Waals surface area contributed by atoms with Gasteiger partial charge in [-0.05, 0) is 26.7 Å². The summed E-state index contributed by atoms with van der Waals surface area (Å²) in [5.41, 5.74) is 0.591. The fourth-order valence-electron chi connectivity index (χ4n) is 3.59.